The number of nitrogens with zero attached hydrogens (tertiary/aromatic N) is 2. The highest BCUT2D eigenvalue weighted by Crippen LogP contribution is 2.27. The number of rotatable bonds is 7. The first-order valence-electron chi connectivity index (χ1n) is 9.11. The quantitative estimate of drug-likeness (QED) is 0.678. The van der Waals surface area contributed by atoms with Gasteiger partial charge in [-0.3, -0.25) is 4.79 Å². The second-order valence-corrected chi connectivity index (χ2v) is 6.72. The molecule has 3 aromatic rings. The van der Waals surface area contributed by atoms with Crippen molar-refractivity contribution in [3.8, 4) is 17.2 Å². The van der Waals surface area contributed by atoms with Crippen molar-refractivity contribution in [2.45, 2.75) is 13.0 Å². The standard InChI is InChI=1S/C22H25N3O3/c1-15-20(24-22(28-15)16-10-6-5-7-11-16)21(26)23-14-18(25(2)3)17-12-8-9-13-19(17)27-4/h5-13,18H,14H2,1-4H3,(H,23,26). The number of likely N-dealkylation sites (N-methyl/N-ethyl adjacent to an activating group) is 1. The molecule has 0 bridgehead atoms. The number of methoxy groups -OCH3 is 1. The lowest BCUT2D eigenvalue weighted by Crippen LogP contribution is -2.35. The number of nitrogens with one attached hydrogen (secondary N) is 1. The van der Waals surface area contributed by atoms with Crippen LogP contribution in [-0.4, -0.2) is 43.5 Å². The van der Waals surface area contributed by atoms with Crippen LogP contribution in [0.2, 0.25) is 0 Å². The van der Waals surface area contributed by atoms with Crippen molar-refractivity contribution in [1.82, 2.24) is 15.2 Å². The molecule has 0 aliphatic rings. The molecule has 6 nitrogen and oxygen atoms in total. The van der Waals surface area contributed by atoms with Gasteiger partial charge in [-0.2, -0.15) is 0 Å². The zero-order chi connectivity index (χ0) is 20.1. The summed E-state index contributed by atoms with van der Waals surface area (Å²) in [7, 11) is 5.59. The van der Waals surface area contributed by atoms with Crippen LogP contribution in [-0.2, 0) is 0 Å². The SMILES string of the molecule is COc1ccccc1C(CNC(=O)c1nc(-c2ccccc2)oc1C)N(C)C. The highest BCUT2D eigenvalue weighted by Gasteiger charge is 2.22. The molecule has 0 aliphatic carbocycles. The molecule has 1 atom stereocenters. The lowest BCUT2D eigenvalue weighted by atomic mass is 10.0. The first-order chi connectivity index (χ1) is 13.5. The minimum Gasteiger partial charge on any atom is -0.496 e. The summed E-state index contributed by atoms with van der Waals surface area (Å²) >= 11 is 0. The van der Waals surface area contributed by atoms with E-state index in [1.165, 1.54) is 0 Å². The Kier molecular flexibility index (Phi) is 6.11. The molecule has 0 fully saturated rings. The summed E-state index contributed by atoms with van der Waals surface area (Å²) in [6.07, 6.45) is 0. The largest absolute Gasteiger partial charge is 0.496 e. The Hall–Kier alpha value is -3.12. The number of aromatic nitrogens is 1. The second-order valence-electron chi connectivity index (χ2n) is 6.72. The second kappa shape index (κ2) is 8.71. The van der Waals surface area contributed by atoms with Gasteiger partial charge in [0.15, 0.2) is 5.69 Å². The van der Waals surface area contributed by atoms with Crippen LogP contribution >= 0.6 is 0 Å². The molecule has 0 saturated heterocycles. The van der Waals surface area contributed by atoms with Crippen molar-refractivity contribution in [3.05, 3.63) is 71.6 Å². The summed E-state index contributed by atoms with van der Waals surface area (Å²) in [5.74, 6) is 1.47. The van der Waals surface area contributed by atoms with Crippen molar-refractivity contribution in [2.75, 3.05) is 27.7 Å². The number of carbonyl (C=O) groups is 1. The van der Waals surface area contributed by atoms with Crippen LogP contribution in [0, 0.1) is 6.92 Å². The van der Waals surface area contributed by atoms with E-state index >= 15 is 0 Å². The van der Waals surface area contributed by atoms with Gasteiger partial charge in [-0.15, -0.1) is 0 Å². The van der Waals surface area contributed by atoms with Crippen LogP contribution in [0.15, 0.2) is 59.0 Å². The van der Waals surface area contributed by atoms with E-state index in [0.717, 1.165) is 16.9 Å². The van der Waals surface area contributed by atoms with Gasteiger partial charge in [0.1, 0.15) is 11.5 Å². The Labute approximate surface area is 165 Å². The number of aryl methyl sites for hydroxylation is 1. The molecule has 1 unspecified atom stereocenters. The van der Waals surface area contributed by atoms with Gasteiger partial charge in [0.05, 0.1) is 13.2 Å². The summed E-state index contributed by atoms with van der Waals surface area (Å²) in [6, 6.07) is 17.3. The maximum absolute atomic E-state index is 12.7. The number of carbonyl (C=O) groups excluding carboxylic acids is 1. The average Bonchev–Trinajstić information content (AvgIpc) is 3.10. The van der Waals surface area contributed by atoms with E-state index in [4.69, 9.17) is 9.15 Å². The summed E-state index contributed by atoms with van der Waals surface area (Å²) < 4.78 is 11.2. The molecule has 146 valence electrons. The fraction of sp³-hybridized carbons (Fsp3) is 0.273. The number of hydrogen-bond donors (Lipinski definition) is 1. The molecule has 28 heavy (non-hydrogen) atoms. The highest BCUT2D eigenvalue weighted by atomic mass is 16.5. The molecular weight excluding hydrogens is 354 g/mol. The van der Waals surface area contributed by atoms with E-state index in [9.17, 15) is 4.79 Å². The molecule has 0 aliphatic heterocycles. The average molecular weight is 379 g/mol. The van der Waals surface area contributed by atoms with E-state index in [-0.39, 0.29) is 11.9 Å². The van der Waals surface area contributed by atoms with Gasteiger partial charge in [-0.1, -0.05) is 36.4 Å². The zero-order valence-corrected chi connectivity index (χ0v) is 16.6. The Morgan fingerprint density at radius 1 is 1.14 bits per heavy atom. The van der Waals surface area contributed by atoms with Gasteiger partial charge in [-0.05, 0) is 39.2 Å². The van der Waals surface area contributed by atoms with Crippen LogP contribution in [0.25, 0.3) is 11.5 Å². The number of para-hydroxylation sites is 1. The van der Waals surface area contributed by atoms with Crippen molar-refractivity contribution in [3.63, 3.8) is 0 Å². The lowest BCUT2D eigenvalue weighted by molar-refractivity contribution is 0.0935. The molecule has 2 aromatic carbocycles. The molecule has 0 radical (unpaired) electrons. The Bertz CT molecular complexity index is 935. The smallest absolute Gasteiger partial charge is 0.273 e. The van der Waals surface area contributed by atoms with Crippen molar-refractivity contribution < 1.29 is 13.9 Å². The molecule has 0 spiro atoms. The third kappa shape index (κ3) is 4.23. The van der Waals surface area contributed by atoms with Gasteiger partial charge in [0, 0.05) is 17.7 Å². The first-order valence-corrected chi connectivity index (χ1v) is 9.11. The van der Waals surface area contributed by atoms with Crippen LogP contribution in [0.5, 0.6) is 5.75 Å². The third-order valence-corrected chi connectivity index (χ3v) is 4.61. The predicted molar refractivity (Wildman–Crippen MR) is 108 cm³/mol. The van der Waals surface area contributed by atoms with Crippen molar-refractivity contribution in [1.29, 1.82) is 0 Å². The number of hydrogen-bond acceptors (Lipinski definition) is 5. The topological polar surface area (TPSA) is 67.6 Å². The third-order valence-electron chi connectivity index (χ3n) is 4.61. The van der Waals surface area contributed by atoms with Crippen LogP contribution in [0.1, 0.15) is 27.9 Å². The maximum Gasteiger partial charge on any atom is 0.273 e. The van der Waals surface area contributed by atoms with Crippen LogP contribution in [0.4, 0.5) is 0 Å². The molecule has 1 heterocycles. The Balaban J connectivity index is 1.76. The minimum atomic E-state index is -0.259. The van der Waals surface area contributed by atoms with Gasteiger partial charge in [-0.25, -0.2) is 4.98 Å². The predicted octanol–water partition coefficient (Wildman–Crippen LogP) is 3.69. The lowest BCUT2D eigenvalue weighted by Gasteiger charge is -2.26. The van der Waals surface area contributed by atoms with Gasteiger partial charge >= 0.3 is 0 Å². The van der Waals surface area contributed by atoms with Crippen LogP contribution in [0.3, 0.4) is 0 Å². The monoisotopic (exact) mass is 379 g/mol. The minimum absolute atomic E-state index is 0.0408. The van der Waals surface area contributed by atoms with Gasteiger partial charge in [0.2, 0.25) is 5.89 Å². The van der Waals surface area contributed by atoms with Crippen molar-refractivity contribution >= 4 is 5.91 Å². The summed E-state index contributed by atoms with van der Waals surface area (Å²) in [5.41, 5.74) is 2.15. The van der Waals surface area contributed by atoms with E-state index in [0.29, 0.717) is 23.9 Å². The first kappa shape index (κ1) is 19.6. The Morgan fingerprint density at radius 3 is 2.50 bits per heavy atom. The van der Waals surface area contributed by atoms with Crippen molar-refractivity contribution in [2.24, 2.45) is 0 Å². The Morgan fingerprint density at radius 2 is 1.82 bits per heavy atom. The zero-order valence-electron chi connectivity index (χ0n) is 16.6. The summed E-state index contributed by atoms with van der Waals surface area (Å²) in [5, 5.41) is 2.98. The number of benzene rings is 2. The maximum atomic E-state index is 12.7. The molecule has 1 N–H and O–H groups in total. The number of amides is 1. The van der Waals surface area contributed by atoms with E-state index in [2.05, 4.69) is 10.3 Å². The molecule has 1 amide bonds. The van der Waals surface area contributed by atoms with Gasteiger partial charge in [0.25, 0.3) is 5.91 Å². The summed E-state index contributed by atoms with van der Waals surface area (Å²) in [4.78, 5) is 19.2. The number of ether oxygens (including phenoxy) is 1. The van der Waals surface area contributed by atoms with Crippen LogP contribution < -0.4 is 10.1 Å². The van der Waals surface area contributed by atoms with E-state index < -0.39 is 0 Å². The van der Waals surface area contributed by atoms with Gasteiger partial charge < -0.3 is 19.4 Å². The molecule has 3 rings (SSSR count). The molecule has 6 heteroatoms. The summed E-state index contributed by atoms with van der Waals surface area (Å²) in [6.45, 7) is 2.16. The normalized spacial score (nSPS) is 12.0. The number of oxazole rings is 1. The highest BCUT2D eigenvalue weighted by molar-refractivity contribution is 5.93. The molecular formula is C22H25N3O3. The fourth-order valence-corrected chi connectivity index (χ4v) is 3.10. The van der Waals surface area contributed by atoms with E-state index in [1.54, 1.807) is 14.0 Å². The fourth-order valence-electron chi connectivity index (χ4n) is 3.10. The van der Waals surface area contributed by atoms with E-state index in [1.807, 2.05) is 73.6 Å². The molecule has 1 aromatic heterocycles. The molecule has 0 saturated carbocycles.